The molecule has 0 aromatic heterocycles. The summed E-state index contributed by atoms with van der Waals surface area (Å²) in [4.78, 5) is 0. The van der Waals surface area contributed by atoms with E-state index in [2.05, 4.69) is 12.2 Å². The topological polar surface area (TPSA) is 35.5 Å². The summed E-state index contributed by atoms with van der Waals surface area (Å²) in [6, 6.07) is 0. The molecule has 0 aromatic rings. The predicted octanol–water partition coefficient (Wildman–Crippen LogP) is 2.71. The van der Waals surface area contributed by atoms with Crippen molar-refractivity contribution < 1.29 is 13.8 Å². The van der Waals surface area contributed by atoms with Crippen LogP contribution in [0.2, 0.25) is 0 Å². The van der Waals surface area contributed by atoms with Crippen molar-refractivity contribution in [2.75, 3.05) is 13.8 Å². The third-order valence-corrected chi connectivity index (χ3v) is 3.23. The standard InChI is InChI=1S/C8H17O3PS/c1-10-7-4-3-5-8(6-7)11-12(2,9)13/h7-8H,3-6H2,1-2H3,(H,9,13)/t7?,8?,12-/m0/s1. The van der Waals surface area contributed by atoms with Gasteiger partial charge in [0.25, 0.3) is 6.57 Å². The molecule has 0 saturated heterocycles. The van der Waals surface area contributed by atoms with Crippen LogP contribution in [-0.2, 0) is 13.8 Å². The molecule has 3 nitrogen and oxygen atoms in total. The number of methoxy groups -OCH3 is 1. The number of hydrogen-bond donors (Lipinski definition) is 1. The Morgan fingerprint density at radius 3 is 2.54 bits per heavy atom. The first-order valence-corrected chi connectivity index (χ1v) is 7.75. The summed E-state index contributed by atoms with van der Waals surface area (Å²) in [5, 5.41) is 0. The van der Waals surface area contributed by atoms with E-state index in [1.807, 2.05) is 0 Å². The average molecular weight is 224 g/mol. The molecule has 0 N–H and O–H groups in total. The van der Waals surface area contributed by atoms with Gasteiger partial charge in [-0.05, 0) is 19.3 Å². The van der Waals surface area contributed by atoms with Crippen LogP contribution in [0, 0.1) is 0 Å². The highest BCUT2D eigenvalue weighted by molar-refractivity contribution is 8.46. The van der Waals surface area contributed by atoms with Crippen molar-refractivity contribution in [2.24, 2.45) is 0 Å². The SMILES string of the molecule is COC1CCCC(O[P@](C)(=O)S)C1. The summed E-state index contributed by atoms with van der Waals surface area (Å²) in [7, 11) is 1.71. The van der Waals surface area contributed by atoms with E-state index < -0.39 is 6.57 Å². The molecule has 1 fully saturated rings. The monoisotopic (exact) mass is 224 g/mol. The minimum Gasteiger partial charge on any atom is -0.381 e. The molecule has 0 aliphatic heterocycles. The summed E-state index contributed by atoms with van der Waals surface area (Å²) in [5.74, 6) is 0. The molecule has 0 amide bonds. The first kappa shape index (κ1) is 11.6. The minimum absolute atomic E-state index is 0.0621. The van der Waals surface area contributed by atoms with Crippen LogP contribution in [0.15, 0.2) is 0 Å². The highest BCUT2D eigenvalue weighted by Crippen LogP contribution is 2.50. The van der Waals surface area contributed by atoms with Crippen molar-refractivity contribution in [2.45, 2.75) is 37.9 Å². The lowest BCUT2D eigenvalue weighted by Crippen LogP contribution is -2.26. The number of thiol groups is 1. The molecule has 0 heterocycles. The summed E-state index contributed by atoms with van der Waals surface area (Å²) in [6.07, 6.45) is 4.30. The number of hydrogen-bond acceptors (Lipinski definition) is 3. The van der Waals surface area contributed by atoms with Crippen molar-refractivity contribution in [3.05, 3.63) is 0 Å². The Bertz CT molecular complexity index is 204. The lowest BCUT2D eigenvalue weighted by Gasteiger charge is -2.28. The van der Waals surface area contributed by atoms with Crippen LogP contribution in [0.4, 0.5) is 0 Å². The van der Waals surface area contributed by atoms with Gasteiger partial charge in [-0.15, -0.1) is 0 Å². The second-order valence-corrected chi connectivity index (χ2v) is 7.55. The molecule has 2 unspecified atom stereocenters. The molecule has 1 aliphatic carbocycles. The minimum atomic E-state index is -2.63. The molecular weight excluding hydrogens is 207 g/mol. The van der Waals surface area contributed by atoms with E-state index >= 15 is 0 Å². The lowest BCUT2D eigenvalue weighted by atomic mass is 9.95. The Kier molecular flexibility index (Phi) is 4.30. The fourth-order valence-electron chi connectivity index (χ4n) is 1.69. The first-order valence-electron chi connectivity index (χ1n) is 4.53. The van der Waals surface area contributed by atoms with Crippen LogP contribution in [0.3, 0.4) is 0 Å². The van der Waals surface area contributed by atoms with E-state index in [-0.39, 0.29) is 12.2 Å². The zero-order valence-corrected chi connectivity index (χ0v) is 9.89. The van der Waals surface area contributed by atoms with Gasteiger partial charge in [-0.25, -0.2) is 0 Å². The van der Waals surface area contributed by atoms with E-state index in [0.29, 0.717) is 0 Å². The molecule has 1 rings (SSSR count). The van der Waals surface area contributed by atoms with Crippen LogP contribution >= 0.6 is 18.8 Å². The van der Waals surface area contributed by atoms with Gasteiger partial charge in [0.1, 0.15) is 0 Å². The quantitative estimate of drug-likeness (QED) is 0.591. The van der Waals surface area contributed by atoms with E-state index in [1.54, 1.807) is 7.11 Å². The van der Waals surface area contributed by atoms with Gasteiger partial charge in [-0.3, -0.25) is 4.57 Å². The molecule has 1 saturated carbocycles. The molecule has 13 heavy (non-hydrogen) atoms. The van der Waals surface area contributed by atoms with Gasteiger partial charge in [-0.2, -0.15) is 0 Å². The van der Waals surface area contributed by atoms with Gasteiger partial charge in [-0.1, -0.05) is 12.2 Å². The maximum absolute atomic E-state index is 11.3. The highest BCUT2D eigenvalue weighted by Gasteiger charge is 2.25. The first-order chi connectivity index (χ1) is 6.01. The summed E-state index contributed by atoms with van der Waals surface area (Å²) >= 11 is 3.92. The molecule has 1 aliphatic rings. The third-order valence-electron chi connectivity index (χ3n) is 2.26. The van der Waals surface area contributed by atoms with Crippen molar-refractivity contribution >= 4 is 18.8 Å². The van der Waals surface area contributed by atoms with Crippen LogP contribution in [0.1, 0.15) is 25.7 Å². The second kappa shape index (κ2) is 4.83. The van der Waals surface area contributed by atoms with Crippen LogP contribution in [-0.4, -0.2) is 26.0 Å². The fourth-order valence-corrected chi connectivity index (χ4v) is 2.83. The molecule has 0 bridgehead atoms. The zero-order valence-electron chi connectivity index (χ0n) is 8.10. The zero-order chi connectivity index (χ0) is 9.90. The van der Waals surface area contributed by atoms with Crippen molar-refractivity contribution in [3.63, 3.8) is 0 Å². The van der Waals surface area contributed by atoms with E-state index in [9.17, 15) is 4.57 Å². The van der Waals surface area contributed by atoms with E-state index in [0.717, 1.165) is 25.7 Å². The average Bonchev–Trinajstić information content (AvgIpc) is 2.01. The van der Waals surface area contributed by atoms with Gasteiger partial charge < -0.3 is 9.26 Å². The van der Waals surface area contributed by atoms with Gasteiger partial charge in [0, 0.05) is 20.2 Å². The maximum atomic E-state index is 11.3. The lowest BCUT2D eigenvalue weighted by molar-refractivity contribution is 0.0235. The van der Waals surface area contributed by atoms with E-state index in [1.165, 1.54) is 6.66 Å². The largest absolute Gasteiger partial charge is 0.381 e. The Morgan fingerprint density at radius 1 is 1.38 bits per heavy atom. The predicted molar refractivity (Wildman–Crippen MR) is 56.7 cm³/mol. The van der Waals surface area contributed by atoms with Crippen molar-refractivity contribution in [1.29, 1.82) is 0 Å². The van der Waals surface area contributed by atoms with Crippen molar-refractivity contribution in [1.82, 2.24) is 0 Å². The van der Waals surface area contributed by atoms with Crippen molar-refractivity contribution in [3.8, 4) is 0 Å². The smallest absolute Gasteiger partial charge is 0.252 e. The third kappa shape index (κ3) is 4.50. The number of rotatable bonds is 3. The summed E-state index contributed by atoms with van der Waals surface area (Å²) in [6.45, 7) is -1.10. The van der Waals surface area contributed by atoms with Gasteiger partial charge in [0.15, 0.2) is 0 Å². The number of ether oxygens (including phenoxy) is 1. The molecule has 0 radical (unpaired) electrons. The van der Waals surface area contributed by atoms with E-state index in [4.69, 9.17) is 9.26 Å². The fraction of sp³-hybridized carbons (Fsp3) is 1.00. The molecule has 5 heteroatoms. The molecular formula is C8H17O3PS. The highest BCUT2D eigenvalue weighted by atomic mass is 32.7. The second-order valence-electron chi connectivity index (χ2n) is 3.55. The normalized spacial score (nSPS) is 34.1. The molecule has 78 valence electrons. The maximum Gasteiger partial charge on any atom is 0.252 e. The molecule has 3 atom stereocenters. The molecule has 0 spiro atoms. The Morgan fingerprint density at radius 2 is 2.00 bits per heavy atom. The van der Waals surface area contributed by atoms with Gasteiger partial charge >= 0.3 is 0 Å². The van der Waals surface area contributed by atoms with Gasteiger partial charge in [0.2, 0.25) is 0 Å². The summed E-state index contributed by atoms with van der Waals surface area (Å²) < 4.78 is 21.9. The molecule has 0 aromatic carbocycles. The Labute approximate surface area is 84.8 Å². The summed E-state index contributed by atoms with van der Waals surface area (Å²) in [5.41, 5.74) is 0. The Hall–Kier alpha value is 0.500. The Balaban J connectivity index is 2.38. The van der Waals surface area contributed by atoms with Crippen LogP contribution in [0.5, 0.6) is 0 Å². The van der Waals surface area contributed by atoms with Crippen LogP contribution < -0.4 is 0 Å². The van der Waals surface area contributed by atoms with Crippen LogP contribution in [0.25, 0.3) is 0 Å². The van der Waals surface area contributed by atoms with Gasteiger partial charge in [0.05, 0.1) is 12.2 Å².